The minimum Gasteiger partial charge on any atom is -0.369 e. The summed E-state index contributed by atoms with van der Waals surface area (Å²) in [5, 5.41) is 2.55. The van der Waals surface area contributed by atoms with Gasteiger partial charge in [0.2, 0.25) is 0 Å². The van der Waals surface area contributed by atoms with Crippen LogP contribution in [0.1, 0.15) is 18.4 Å². The summed E-state index contributed by atoms with van der Waals surface area (Å²) in [5.41, 5.74) is 1.45. The zero-order valence-corrected chi connectivity index (χ0v) is 15.8. The molecule has 2 saturated heterocycles. The predicted molar refractivity (Wildman–Crippen MR) is 110 cm³/mol. The molecule has 2 aromatic rings. The van der Waals surface area contributed by atoms with E-state index in [1.807, 2.05) is 11.0 Å². The molecular formula is C21H18FN3O2S. The van der Waals surface area contributed by atoms with E-state index in [1.165, 1.54) is 17.0 Å². The van der Waals surface area contributed by atoms with Gasteiger partial charge >= 0.3 is 0 Å². The van der Waals surface area contributed by atoms with Crippen LogP contribution in [0.2, 0.25) is 0 Å². The average molecular weight is 395 g/mol. The fourth-order valence-corrected chi connectivity index (χ4v) is 3.74. The minimum absolute atomic E-state index is 0.0221. The molecule has 0 spiro atoms. The van der Waals surface area contributed by atoms with E-state index in [0.717, 1.165) is 25.9 Å². The number of nitrogens with zero attached hydrogens (tertiary/aromatic N) is 2. The molecule has 28 heavy (non-hydrogen) atoms. The molecule has 0 unspecified atom stereocenters. The van der Waals surface area contributed by atoms with Gasteiger partial charge in [-0.3, -0.25) is 19.8 Å². The zero-order chi connectivity index (χ0) is 19.7. The molecule has 0 saturated carbocycles. The number of rotatable bonds is 3. The van der Waals surface area contributed by atoms with Crippen LogP contribution in [0.4, 0.5) is 15.8 Å². The number of carbonyl (C=O) groups is 2. The number of amides is 2. The predicted octanol–water partition coefficient (Wildman–Crippen LogP) is 3.26. The molecule has 1 N–H and O–H groups in total. The topological polar surface area (TPSA) is 52.7 Å². The second-order valence-electron chi connectivity index (χ2n) is 6.70. The van der Waals surface area contributed by atoms with Crippen molar-refractivity contribution in [3.05, 3.63) is 65.5 Å². The summed E-state index contributed by atoms with van der Waals surface area (Å²) in [5.74, 6) is -1.49. The number of nitrogens with one attached hydrogen (secondary N) is 1. The van der Waals surface area contributed by atoms with E-state index in [2.05, 4.69) is 5.32 Å². The Bertz CT molecular complexity index is 984. The van der Waals surface area contributed by atoms with Crippen molar-refractivity contribution < 1.29 is 14.0 Å². The molecule has 0 aromatic heterocycles. The molecule has 0 aliphatic carbocycles. The Kier molecular flexibility index (Phi) is 4.92. The summed E-state index contributed by atoms with van der Waals surface area (Å²) in [6.07, 6.45) is 3.50. The van der Waals surface area contributed by atoms with Crippen LogP contribution >= 0.6 is 12.2 Å². The molecule has 0 atom stereocenters. The van der Waals surface area contributed by atoms with Crippen molar-refractivity contribution in [2.24, 2.45) is 0 Å². The lowest BCUT2D eigenvalue weighted by molar-refractivity contribution is -0.122. The molecule has 7 heteroatoms. The summed E-state index contributed by atoms with van der Waals surface area (Å²) in [7, 11) is 0. The highest BCUT2D eigenvalue weighted by Gasteiger charge is 2.34. The molecule has 2 heterocycles. The Hall–Kier alpha value is -3.06. The summed E-state index contributed by atoms with van der Waals surface area (Å²) in [6, 6.07) is 13.6. The highest BCUT2D eigenvalue weighted by molar-refractivity contribution is 7.80. The summed E-state index contributed by atoms with van der Waals surface area (Å²) < 4.78 is 14.6. The first kappa shape index (κ1) is 18.3. The molecule has 2 aromatic carbocycles. The van der Waals surface area contributed by atoms with Crippen molar-refractivity contribution in [3.63, 3.8) is 0 Å². The lowest BCUT2D eigenvalue weighted by Crippen LogP contribution is -2.54. The van der Waals surface area contributed by atoms with Gasteiger partial charge in [-0.2, -0.15) is 0 Å². The van der Waals surface area contributed by atoms with Gasteiger partial charge in [-0.25, -0.2) is 4.39 Å². The lowest BCUT2D eigenvalue weighted by Gasteiger charge is -2.28. The van der Waals surface area contributed by atoms with Gasteiger partial charge in [-0.15, -0.1) is 0 Å². The highest BCUT2D eigenvalue weighted by atomic mass is 32.1. The Morgan fingerprint density at radius 2 is 1.75 bits per heavy atom. The molecule has 0 bridgehead atoms. The first-order valence-corrected chi connectivity index (χ1v) is 9.46. The minimum atomic E-state index is -0.591. The van der Waals surface area contributed by atoms with E-state index >= 15 is 0 Å². The number of thiocarbonyl (C=S) groups is 1. The smallest absolute Gasteiger partial charge is 0.270 e. The maximum absolute atomic E-state index is 14.6. The van der Waals surface area contributed by atoms with Crippen LogP contribution in [0.15, 0.2) is 54.1 Å². The van der Waals surface area contributed by atoms with Crippen molar-refractivity contribution in [3.8, 4) is 0 Å². The van der Waals surface area contributed by atoms with E-state index < -0.39 is 11.8 Å². The summed E-state index contributed by atoms with van der Waals surface area (Å²) in [6.45, 7) is 1.67. The third kappa shape index (κ3) is 3.41. The van der Waals surface area contributed by atoms with Crippen molar-refractivity contribution in [1.82, 2.24) is 5.32 Å². The number of hydrogen-bond acceptors (Lipinski definition) is 4. The van der Waals surface area contributed by atoms with Crippen molar-refractivity contribution in [2.45, 2.75) is 12.8 Å². The van der Waals surface area contributed by atoms with Gasteiger partial charge in [0.25, 0.3) is 11.8 Å². The molecule has 2 amide bonds. The van der Waals surface area contributed by atoms with Crippen molar-refractivity contribution in [1.29, 1.82) is 0 Å². The third-order valence-corrected chi connectivity index (χ3v) is 5.13. The fraction of sp³-hybridized carbons (Fsp3) is 0.190. The number of benzene rings is 2. The maximum Gasteiger partial charge on any atom is 0.270 e. The Morgan fingerprint density at radius 3 is 2.43 bits per heavy atom. The van der Waals surface area contributed by atoms with E-state index in [4.69, 9.17) is 12.2 Å². The van der Waals surface area contributed by atoms with Gasteiger partial charge in [-0.1, -0.05) is 24.3 Å². The SMILES string of the molecule is O=C1NC(=S)N(c2ccccc2)C(=O)/C1=C/c1ccc(N2CCCC2)c(F)c1. The van der Waals surface area contributed by atoms with Crippen LogP contribution in [0, 0.1) is 5.82 Å². The normalized spacial score (nSPS) is 18.8. The summed E-state index contributed by atoms with van der Waals surface area (Å²) >= 11 is 5.16. The van der Waals surface area contributed by atoms with E-state index in [1.54, 1.807) is 36.4 Å². The summed E-state index contributed by atoms with van der Waals surface area (Å²) in [4.78, 5) is 28.5. The fourth-order valence-electron chi connectivity index (χ4n) is 3.46. The number of hydrogen-bond donors (Lipinski definition) is 1. The first-order chi connectivity index (χ1) is 13.5. The average Bonchev–Trinajstić information content (AvgIpc) is 3.20. The lowest BCUT2D eigenvalue weighted by atomic mass is 10.1. The van der Waals surface area contributed by atoms with Crippen molar-refractivity contribution >= 4 is 46.6 Å². The zero-order valence-electron chi connectivity index (χ0n) is 15.0. The molecule has 0 radical (unpaired) electrons. The van der Waals surface area contributed by atoms with E-state index in [9.17, 15) is 14.0 Å². The maximum atomic E-state index is 14.6. The van der Waals surface area contributed by atoms with E-state index in [0.29, 0.717) is 16.9 Å². The van der Waals surface area contributed by atoms with Crippen molar-refractivity contribution in [2.75, 3.05) is 22.9 Å². The Balaban J connectivity index is 1.66. The second kappa shape index (κ2) is 7.52. The number of halogens is 1. The van der Waals surface area contributed by atoms with Crippen LogP contribution in [-0.4, -0.2) is 30.0 Å². The van der Waals surface area contributed by atoms with Crippen LogP contribution in [0.3, 0.4) is 0 Å². The van der Waals surface area contributed by atoms with Gasteiger partial charge < -0.3 is 4.90 Å². The van der Waals surface area contributed by atoms with E-state index in [-0.39, 0.29) is 16.5 Å². The molecule has 2 fully saturated rings. The molecule has 2 aliphatic rings. The molecule has 2 aliphatic heterocycles. The monoisotopic (exact) mass is 395 g/mol. The van der Waals surface area contributed by atoms with Crippen LogP contribution in [-0.2, 0) is 9.59 Å². The standard InChI is InChI=1S/C21H18FN3O2S/c22-17-13-14(8-9-18(17)24-10-4-5-11-24)12-16-19(26)23-21(28)25(20(16)27)15-6-2-1-3-7-15/h1-3,6-9,12-13H,4-5,10-11H2,(H,23,26,28)/b16-12+. The second-order valence-corrected chi connectivity index (χ2v) is 7.09. The van der Waals surface area contributed by atoms with Gasteiger partial charge in [0.15, 0.2) is 5.11 Å². The molecule has 142 valence electrons. The Morgan fingerprint density at radius 1 is 1.04 bits per heavy atom. The van der Waals surface area contributed by atoms with Gasteiger partial charge in [0.1, 0.15) is 11.4 Å². The highest BCUT2D eigenvalue weighted by Crippen LogP contribution is 2.26. The molecule has 5 nitrogen and oxygen atoms in total. The first-order valence-electron chi connectivity index (χ1n) is 9.05. The van der Waals surface area contributed by atoms with Gasteiger partial charge in [-0.05, 0) is 61.0 Å². The van der Waals surface area contributed by atoms with Crippen LogP contribution in [0.5, 0.6) is 0 Å². The number of anilines is 2. The third-order valence-electron chi connectivity index (χ3n) is 4.85. The molecular weight excluding hydrogens is 377 g/mol. The quantitative estimate of drug-likeness (QED) is 0.492. The molecule has 4 rings (SSSR count). The van der Waals surface area contributed by atoms with Crippen LogP contribution in [0.25, 0.3) is 6.08 Å². The number of carbonyl (C=O) groups excluding carboxylic acids is 2. The Labute approximate surface area is 167 Å². The largest absolute Gasteiger partial charge is 0.369 e. The number of para-hydroxylation sites is 1. The van der Waals surface area contributed by atoms with Gasteiger partial charge in [0, 0.05) is 13.1 Å². The van der Waals surface area contributed by atoms with Crippen LogP contribution < -0.4 is 15.1 Å². The van der Waals surface area contributed by atoms with Gasteiger partial charge in [0.05, 0.1) is 11.4 Å².